The molecule has 0 saturated carbocycles. The van der Waals surface area contributed by atoms with Gasteiger partial charge in [0.2, 0.25) is 0 Å². The monoisotopic (exact) mass is 189 g/mol. The maximum Gasteiger partial charge on any atom is 0.136 e. The lowest BCUT2D eigenvalue weighted by molar-refractivity contribution is 0.528. The molecule has 72 valence electrons. The van der Waals surface area contributed by atoms with E-state index in [1.807, 2.05) is 33.8 Å². The topological polar surface area (TPSA) is 35.1 Å². The van der Waals surface area contributed by atoms with E-state index in [4.69, 9.17) is 0 Å². The van der Waals surface area contributed by atoms with E-state index in [0.29, 0.717) is 0 Å². The standard InChI is InChI=1S/C9H19NOS/c1-6-7-8(2)10-12(11)9(3,4)5/h6,8,10H,1,7H2,2-5H3/t8-,12-/m0/s1. The zero-order valence-electron chi connectivity index (χ0n) is 8.39. The molecule has 12 heavy (non-hydrogen) atoms. The van der Waals surface area contributed by atoms with E-state index in [2.05, 4.69) is 11.3 Å². The molecule has 2 nitrogen and oxygen atoms in total. The van der Waals surface area contributed by atoms with E-state index >= 15 is 0 Å². The third kappa shape index (κ3) is 4.80. The van der Waals surface area contributed by atoms with Crippen molar-refractivity contribution in [3.05, 3.63) is 12.7 Å². The smallest absolute Gasteiger partial charge is 0.136 e. The van der Waals surface area contributed by atoms with Crippen LogP contribution in [0.15, 0.2) is 12.7 Å². The highest BCUT2D eigenvalue weighted by Crippen LogP contribution is 2.14. The predicted molar refractivity (Wildman–Crippen MR) is 55.3 cm³/mol. The van der Waals surface area contributed by atoms with Crippen molar-refractivity contribution in [3.63, 3.8) is 0 Å². The van der Waals surface area contributed by atoms with Crippen LogP contribution in [-0.4, -0.2) is 15.3 Å². The Morgan fingerprint density at radius 1 is 1.58 bits per heavy atom. The molecule has 0 aromatic heterocycles. The van der Waals surface area contributed by atoms with Gasteiger partial charge in [0.25, 0.3) is 0 Å². The van der Waals surface area contributed by atoms with Crippen molar-refractivity contribution in [1.29, 1.82) is 0 Å². The summed E-state index contributed by atoms with van der Waals surface area (Å²) in [5, 5.41) is 0. The van der Waals surface area contributed by atoms with Crippen LogP contribution in [0.25, 0.3) is 0 Å². The Morgan fingerprint density at radius 2 is 2.08 bits per heavy atom. The highest BCUT2D eigenvalue weighted by atomic mass is 32.2. The van der Waals surface area contributed by atoms with Gasteiger partial charge >= 0.3 is 0 Å². The fourth-order valence-electron chi connectivity index (χ4n) is 0.658. The number of hydrogen-bond donors (Lipinski definition) is 1. The molecule has 0 aliphatic heterocycles. The average molecular weight is 189 g/mol. The molecule has 0 fully saturated rings. The van der Waals surface area contributed by atoms with E-state index in [1.54, 1.807) is 0 Å². The lowest BCUT2D eigenvalue weighted by Crippen LogP contribution is -2.43. The molecule has 2 atom stereocenters. The molecule has 0 amide bonds. The Bertz CT molecular complexity index is 142. The van der Waals surface area contributed by atoms with Gasteiger partial charge in [0.05, 0.1) is 6.04 Å². The summed E-state index contributed by atoms with van der Waals surface area (Å²) in [4.78, 5) is 0. The van der Waals surface area contributed by atoms with Crippen molar-refractivity contribution < 1.29 is 4.55 Å². The van der Waals surface area contributed by atoms with Crippen LogP contribution in [0.2, 0.25) is 0 Å². The van der Waals surface area contributed by atoms with E-state index in [-0.39, 0.29) is 10.8 Å². The Hall–Kier alpha value is 0.01000. The third-order valence-electron chi connectivity index (χ3n) is 1.38. The molecule has 0 aromatic rings. The lowest BCUT2D eigenvalue weighted by atomic mass is 10.2. The van der Waals surface area contributed by atoms with Gasteiger partial charge in [-0.3, -0.25) is 0 Å². The molecular weight excluding hydrogens is 170 g/mol. The second-order valence-electron chi connectivity index (χ2n) is 3.92. The first-order chi connectivity index (χ1) is 5.38. The summed E-state index contributed by atoms with van der Waals surface area (Å²) >= 11 is -0.967. The highest BCUT2D eigenvalue weighted by Gasteiger charge is 2.27. The summed E-state index contributed by atoms with van der Waals surface area (Å²) < 4.78 is 14.4. The highest BCUT2D eigenvalue weighted by molar-refractivity contribution is 7.90. The minimum Gasteiger partial charge on any atom is -0.598 e. The molecule has 0 bridgehead atoms. The molecule has 0 radical (unpaired) electrons. The summed E-state index contributed by atoms with van der Waals surface area (Å²) in [6.07, 6.45) is 2.68. The zero-order valence-corrected chi connectivity index (χ0v) is 9.20. The van der Waals surface area contributed by atoms with Crippen molar-refractivity contribution in [2.75, 3.05) is 0 Å². The van der Waals surface area contributed by atoms with Crippen LogP contribution in [0.5, 0.6) is 0 Å². The van der Waals surface area contributed by atoms with Gasteiger partial charge in [0.1, 0.15) is 4.75 Å². The molecule has 0 aliphatic carbocycles. The molecule has 0 aromatic carbocycles. The van der Waals surface area contributed by atoms with E-state index in [1.165, 1.54) is 0 Å². The van der Waals surface area contributed by atoms with E-state index in [9.17, 15) is 4.55 Å². The summed E-state index contributed by atoms with van der Waals surface area (Å²) in [6.45, 7) is 11.5. The van der Waals surface area contributed by atoms with Crippen LogP contribution in [-0.2, 0) is 11.4 Å². The van der Waals surface area contributed by atoms with Crippen molar-refractivity contribution in [2.24, 2.45) is 0 Å². The van der Waals surface area contributed by atoms with Gasteiger partial charge in [-0.05, 0) is 34.1 Å². The Kier molecular flexibility index (Phi) is 4.90. The van der Waals surface area contributed by atoms with Crippen molar-refractivity contribution >= 4 is 11.4 Å². The molecule has 0 rings (SSSR count). The minimum atomic E-state index is -0.967. The quantitative estimate of drug-likeness (QED) is 0.542. The molecule has 0 saturated heterocycles. The third-order valence-corrected chi connectivity index (χ3v) is 3.11. The molecule has 0 aliphatic rings. The SMILES string of the molecule is C=CC[C@H](C)N[S@@+]([O-])C(C)(C)C. The normalized spacial score (nSPS) is 17.1. The summed E-state index contributed by atoms with van der Waals surface area (Å²) in [6, 6.07) is 0.238. The fraction of sp³-hybridized carbons (Fsp3) is 0.778. The number of hydrogen-bond acceptors (Lipinski definition) is 2. The van der Waals surface area contributed by atoms with Gasteiger partial charge in [-0.1, -0.05) is 6.08 Å². The predicted octanol–water partition coefficient (Wildman–Crippen LogP) is 2.00. The average Bonchev–Trinajstić information content (AvgIpc) is 1.85. The molecule has 0 heterocycles. The van der Waals surface area contributed by atoms with Crippen LogP contribution in [0.4, 0.5) is 0 Å². The first-order valence-corrected chi connectivity index (χ1v) is 5.32. The van der Waals surface area contributed by atoms with Crippen molar-refractivity contribution in [2.45, 2.75) is 44.9 Å². The largest absolute Gasteiger partial charge is 0.598 e. The Balaban J connectivity index is 3.83. The van der Waals surface area contributed by atoms with Crippen LogP contribution >= 0.6 is 0 Å². The lowest BCUT2D eigenvalue weighted by Gasteiger charge is -2.25. The summed E-state index contributed by atoms with van der Waals surface area (Å²) in [5.74, 6) is 0. The van der Waals surface area contributed by atoms with Gasteiger partial charge < -0.3 is 4.55 Å². The first-order valence-electron chi connectivity index (χ1n) is 4.17. The molecule has 0 spiro atoms. The van der Waals surface area contributed by atoms with Crippen molar-refractivity contribution in [1.82, 2.24) is 4.72 Å². The molecular formula is C9H19NOS. The maximum atomic E-state index is 11.5. The van der Waals surface area contributed by atoms with E-state index in [0.717, 1.165) is 6.42 Å². The minimum absolute atomic E-state index is 0.185. The number of nitrogens with one attached hydrogen (secondary N) is 1. The second-order valence-corrected chi connectivity index (χ2v) is 5.92. The second kappa shape index (κ2) is 4.90. The maximum absolute atomic E-state index is 11.5. The van der Waals surface area contributed by atoms with Gasteiger partial charge in [-0.25, -0.2) is 0 Å². The Labute approximate surface area is 78.7 Å². The summed E-state index contributed by atoms with van der Waals surface area (Å²) in [7, 11) is 0. The fourth-order valence-corrected chi connectivity index (χ4v) is 1.47. The molecule has 1 N–H and O–H groups in total. The molecule has 3 heteroatoms. The van der Waals surface area contributed by atoms with Gasteiger partial charge in [0.15, 0.2) is 0 Å². The van der Waals surface area contributed by atoms with Crippen LogP contribution in [0, 0.1) is 0 Å². The Morgan fingerprint density at radius 3 is 2.42 bits per heavy atom. The van der Waals surface area contributed by atoms with Crippen LogP contribution < -0.4 is 4.72 Å². The van der Waals surface area contributed by atoms with Crippen molar-refractivity contribution in [3.8, 4) is 0 Å². The van der Waals surface area contributed by atoms with Crippen LogP contribution in [0.3, 0.4) is 0 Å². The summed E-state index contributed by atoms with van der Waals surface area (Å²) in [5.41, 5.74) is 0. The van der Waals surface area contributed by atoms with Crippen LogP contribution in [0.1, 0.15) is 34.1 Å². The first kappa shape index (κ1) is 12.0. The van der Waals surface area contributed by atoms with Gasteiger partial charge in [0, 0.05) is 11.4 Å². The molecule has 0 unspecified atom stereocenters. The van der Waals surface area contributed by atoms with Gasteiger partial charge in [-0.2, -0.15) is 0 Å². The number of rotatable bonds is 4. The van der Waals surface area contributed by atoms with E-state index < -0.39 is 11.4 Å². The zero-order chi connectivity index (χ0) is 9.78. The van der Waals surface area contributed by atoms with Gasteiger partial charge in [-0.15, -0.1) is 11.3 Å².